The standard InChI is InChI=1S/C15H23NOS/c1-3-4-11-18-12-10-15(17)16-13(2)14-8-6-5-7-9-14/h5-9,13H,3-4,10-12H2,1-2H3,(H,16,17). The first-order valence-electron chi connectivity index (χ1n) is 6.66. The molecule has 0 aromatic heterocycles. The molecule has 0 fully saturated rings. The van der Waals surface area contributed by atoms with Crippen LogP contribution in [0, 0.1) is 0 Å². The second kappa shape index (κ2) is 9.03. The molecule has 1 rings (SSSR count). The van der Waals surface area contributed by atoms with Gasteiger partial charge in [0.1, 0.15) is 0 Å². The minimum atomic E-state index is 0.0966. The van der Waals surface area contributed by atoms with E-state index in [2.05, 4.69) is 12.2 Å². The highest BCUT2D eigenvalue weighted by Gasteiger charge is 2.08. The minimum Gasteiger partial charge on any atom is -0.350 e. The lowest BCUT2D eigenvalue weighted by atomic mass is 10.1. The third kappa shape index (κ3) is 6.10. The maximum absolute atomic E-state index is 11.7. The highest BCUT2D eigenvalue weighted by molar-refractivity contribution is 7.99. The van der Waals surface area contributed by atoms with Crippen molar-refractivity contribution in [2.45, 2.75) is 39.2 Å². The Morgan fingerprint density at radius 2 is 2.00 bits per heavy atom. The number of hydrogen-bond donors (Lipinski definition) is 1. The van der Waals surface area contributed by atoms with E-state index in [0.29, 0.717) is 6.42 Å². The number of thioether (sulfide) groups is 1. The lowest BCUT2D eigenvalue weighted by molar-refractivity contribution is -0.121. The van der Waals surface area contributed by atoms with Gasteiger partial charge in [0.2, 0.25) is 5.91 Å². The molecule has 18 heavy (non-hydrogen) atoms. The van der Waals surface area contributed by atoms with Crippen molar-refractivity contribution in [3.8, 4) is 0 Å². The molecule has 0 saturated carbocycles. The van der Waals surface area contributed by atoms with Gasteiger partial charge in [-0.2, -0.15) is 11.8 Å². The molecule has 0 saturated heterocycles. The molecule has 3 heteroatoms. The molecule has 0 radical (unpaired) electrons. The van der Waals surface area contributed by atoms with Gasteiger partial charge in [-0.15, -0.1) is 0 Å². The molecule has 1 aromatic carbocycles. The van der Waals surface area contributed by atoms with Crippen molar-refractivity contribution in [2.75, 3.05) is 11.5 Å². The number of amides is 1. The van der Waals surface area contributed by atoms with Crippen molar-refractivity contribution in [3.63, 3.8) is 0 Å². The van der Waals surface area contributed by atoms with Gasteiger partial charge in [0.25, 0.3) is 0 Å². The Hall–Kier alpha value is -0.960. The Morgan fingerprint density at radius 1 is 1.28 bits per heavy atom. The average molecular weight is 265 g/mol. The number of benzene rings is 1. The predicted molar refractivity (Wildman–Crippen MR) is 79.8 cm³/mol. The fourth-order valence-corrected chi connectivity index (χ4v) is 2.68. The van der Waals surface area contributed by atoms with E-state index < -0.39 is 0 Å². The van der Waals surface area contributed by atoms with Crippen LogP contribution in [-0.2, 0) is 4.79 Å². The maximum Gasteiger partial charge on any atom is 0.221 e. The number of carbonyl (C=O) groups is 1. The summed E-state index contributed by atoms with van der Waals surface area (Å²) in [6.45, 7) is 4.21. The van der Waals surface area contributed by atoms with Crippen molar-refractivity contribution in [3.05, 3.63) is 35.9 Å². The van der Waals surface area contributed by atoms with E-state index in [4.69, 9.17) is 0 Å². The van der Waals surface area contributed by atoms with Crippen LogP contribution in [-0.4, -0.2) is 17.4 Å². The van der Waals surface area contributed by atoms with E-state index in [9.17, 15) is 4.79 Å². The number of rotatable bonds is 8. The van der Waals surface area contributed by atoms with Crippen molar-refractivity contribution < 1.29 is 4.79 Å². The van der Waals surface area contributed by atoms with Crippen molar-refractivity contribution in [2.24, 2.45) is 0 Å². The number of unbranched alkanes of at least 4 members (excludes halogenated alkanes) is 1. The molecule has 1 atom stereocenters. The fourth-order valence-electron chi connectivity index (χ4n) is 1.65. The van der Waals surface area contributed by atoms with Crippen LogP contribution in [0.3, 0.4) is 0 Å². The van der Waals surface area contributed by atoms with Crippen LogP contribution < -0.4 is 5.32 Å². The van der Waals surface area contributed by atoms with E-state index in [1.165, 1.54) is 12.8 Å². The topological polar surface area (TPSA) is 29.1 Å². The number of nitrogens with one attached hydrogen (secondary N) is 1. The van der Waals surface area contributed by atoms with E-state index in [1.54, 1.807) is 0 Å². The van der Waals surface area contributed by atoms with Gasteiger partial charge in [0, 0.05) is 12.2 Å². The van der Waals surface area contributed by atoms with Crippen LogP contribution >= 0.6 is 11.8 Å². The minimum absolute atomic E-state index is 0.0966. The molecular formula is C15H23NOS. The Bertz CT molecular complexity index is 340. The highest BCUT2D eigenvalue weighted by atomic mass is 32.2. The first-order chi connectivity index (χ1) is 8.74. The lowest BCUT2D eigenvalue weighted by Gasteiger charge is -2.14. The van der Waals surface area contributed by atoms with Gasteiger partial charge in [-0.3, -0.25) is 4.79 Å². The van der Waals surface area contributed by atoms with Crippen LogP contribution in [0.15, 0.2) is 30.3 Å². The fraction of sp³-hybridized carbons (Fsp3) is 0.533. The highest BCUT2D eigenvalue weighted by Crippen LogP contribution is 2.12. The quantitative estimate of drug-likeness (QED) is 0.725. The summed E-state index contributed by atoms with van der Waals surface area (Å²) in [5.74, 6) is 2.24. The maximum atomic E-state index is 11.7. The summed E-state index contributed by atoms with van der Waals surface area (Å²) in [5, 5.41) is 3.03. The molecule has 1 unspecified atom stereocenters. The zero-order chi connectivity index (χ0) is 13.2. The van der Waals surface area contributed by atoms with Crippen molar-refractivity contribution >= 4 is 17.7 Å². The van der Waals surface area contributed by atoms with E-state index in [1.807, 2.05) is 49.0 Å². The molecule has 0 aliphatic rings. The summed E-state index contributed by atoms with van der Waals surface area (Å²) in [4.78, 5) is 11.7. The Labute approximate surface area is 115 Å². The third-order valence-electron chi connectivity index (χ3n) is 2.79. The SMILES string of the molecule is CCCCSCCC(=O)NC(C)c1ccccc1. The second-order valence-corrected chi connectivity index (χ2v) is 5.64. The van der Waals surface area contributed by atoms with Crippen LogP contribution in [0.4, 0.5) is 0 Å². The Balaban J connectivity index is 2.20. The molecule has 100 valence electrons. The third-order valence-corrected chi connectivity index (χ3v) is 3.86. The van der Waals surface area contributed by atoms with E-state index in [-0.39, 0.29) is 11.9 Å². The van der Waals surface area contributed by atoms with Gasteiger partial charge in [-0.1, -0.05) is 43.7 Å². The summed E-state index contributed by atoms with van der Waals surface area (Å²) in [7, 11) is 0. The first-order valence-corrected chi connectivity index (χ1v) is 7.81. The summed E-state index contributed by atoms with van der Waals surface area (Å²) in [6, 6.07) is 10.2. The molecule has 0 aliphatic heterocycles. The lowest BCUT2D eigenvalue weighted by Crippen LogP contribution is -2.26. The molecule has 1 aromatic rings. The largest absolute Gasteiger partial charge is 0.350 e. The number of hydrogen-bond acceptors (Lipinski definition) is 2. The van der Waals surface area contributed by atoms with Crippen LogP contribution in [0.25, 0.3) is 0 Å². The molecule has 0 heterocycles. The Morgan fingerprint density at radius 3 is 2.67 bits per heavy atom. The first kappa shape index (κ1) is 15.1. The normalized spacial score (nSPS) is 12.1. The van der Waals surface area contributed by atoms with E-state index >= 15 is 0 Å². The summed E-state index contributed by atoms with van der Waals surface area (Å²) >= 11 is 1.87. The zero-order valence-corrected chi connectivity index (χ0v) is 12.1. The smallest absolute Gasteiger partial charge is 0.221 e. The molecule has 0 spiro atoms. The van der Waals surface area contributed by atoms with Crippen LogP contribution in [0.2, 0.25) is 0 Å². The van der Waals surface area contributed by atoms with Crippen LogP contribution in [0.5, 0.6) is 0 Å². The molecule has 1 amide bonds. The van der Waals surface area contributed by atoms with Crippen molar-refractivity contribution in [1.29, 1.82) is 0 Å². The molecule has 2 nitrogen and oxygen atoms in total. The van der Waals surface area contributed by atoms with Gasteiger partial charge in [-0.05, 0) is 24.7 Å². The molecule has 0 bridgehead atoms. The van der Waals surface area contributed by atoms with Gasteiger partial charge in [-0.25, -0.2) is 0 Å². The molecule has 1 N–H and O–H groups in total. The van der Waals surface area contributed by atoms with Gasteiger partial charge < -0.3 is 5.32 Å². The van der Waals surface area contributed by atoms with E-state index in [0.717, 1.165) is 17.1 Å². The van der Waals surface area contributed by atoms with Gasteiger partial charge in [0.05, 0.1) is 6.04 Å². The monoisotopic (exact) mass is 265 g/mol. The average Bonchev–Trinajstić information content (AvgIpc) is 2.39. The Kier molecular flexibility index (Phi) is 7.58. The second-order valence-electron chi connectivity index (χ2n) is 4.42. The van der Waals surface area contributed by atoms with Crippen LogP contribution in [0.1, 0.15) is 44.7 Å². The summed E-state index contributed by atoms with van der Waals surface area (Å²) in [6.07, 6.45) is 3.09. The van der Waals surface area contributed by atoms with Gasteiger partial charge >= 0.3 is 0 Å². The summed E-state index contributed by atoms with van der Waals surface area (Å²) in [5.41, 5.74) is 1.16. The predicted octanol–water partition coefficient (Wildman–Crippen LogP) is 3.79. The van der Waals surface area contributed by atoms with Crippen molar-refractivity contribution in [1.82, 2.24) is 5.32 Å². The molecular weight excluding hydrogens is 242 g/mol. The number of carbonyl (C=O) groups excluding carboxylic acids is 1. The zero-order valence-electron chi connectivity index (χ0n) is 11.3. The van der Waals surface area contributed by atoms with Gasteiger partial charge in [0.15, 0.2) is 0 Å². The molecule has 0 aliphatic carbocycles. The summed E-state index contributed by atoms with van der Waals surface area (Å²) < 4.78 is 0.